The summed E-state index contributed by atoms with van der Waals surface area (Å²) in [5.74, 6) is -1.12. The minimum absolute atomic E-state index is 0. The second kappa shape index (κ2) is 33.2. The number of benzene rings is 6. The molecule has 19 heteroatoms. The van der Waals surface area contributed by atoms with Crippen molar-refractivity contribution >= 4 is 46.8 Å². The van der Waals surface area contributed by atoms with Crippen LogP contribution >= 0.6 is 7.26 Å². The molecule has 0 radical (unpaired) electrons. The molecule has 0 atom stereocenters. The van der Waals surface area contributed by atoms with E-state index in [-0.39, 0.29) is 92.1 Å². The van der Waals surface area contributed by atoms with Crippen molar-refractivity contribution in [3.05, 3.63) is 197 Å². The van der Waals surface area contributed by atoms with Gasteiger partial charge in [-0.2, -0.15) is 39.5 Å². The van der Waals surface area contributed by atoms with Gasteiger partial charge in [-0.3, -0.25) is 19.2 Å². The van der Waals surface area contributed by atoms with Gasteiger partial charge < -0.3 is 38.2 Å². The first-order chi connectivity index (χ1) is 39.6. The molecular weight excluding hydrogens is 1180 g/mol. The number of alkyl halides is 9. The molecule has 0 aliphatic carbocycles. The van der Waals surface area contributed by atoms with Crippen molar-refractivity contribution in [1.82, 2.24) is 21.3 Å². The first-order valence-corrected chi connectivity index (χ1v) is 30.3. The lowest BCUT2D eigenvalue weighted by molar-refractivity contribution is -0.138. The number of hydrogen-bond donors (Lipinski definition) is 4. The van der Waals surface area contributed by atoms with Gasteiger partial charge in [-0.15, -0.1) is 0 Å². The zero-order chi connectivity index (χ0) is 59.8. The monoisotopic (exact) mass is 1250 g/mol. The topological polar surface area (TPSA) is 116 Å². The van der Waals surface area contributed by atoms with Crippen LogP contribution in [-0.2, 0) is 57.0 Å². The number of nitrogens with one attached hydrogen (secondary N) is 4. The van der Waals surface area contributed by atoms with E-state index in [1.165, 1.54) is 36.4 Å². The summed E-state index contributed by atoms with van der Waals surface area (Å²) < 4.78 is 124. The second-order valence-electron chi connectivity index (χ2n) is 21.1. The van der Waals surface area contributed by atoms with Crippen LogP contribution in [0.2, 0.25) is 0 Å². The molecule has 4 N–H and O–H groups in total. The summed E-state index contributed by atoms with van der Waals surface area (Å²) in [4.78, 5) is 54.2. The Hall–Kier alpha value is -6.52. The van der Waals surface area contributed by atoms with Crippen molar-refractivity contribution in [2.45, 2.75) is 133 Å². The maximum Gasteiger partial charge on any atom is 0.416 e. The van der Waals surface area contributed by atoms with Crippen molar-refractivity contribution in [2.24, 2.45) is 0 Å². The SMILES string of the molecule is O=C(CCCc1ccccc1)NCC(CNC(=O)CCCc1ccccc1)(CNC(=O)CCCc1ccccc1)NC(=O)CCCCCCCCC[P+](c1ccc(C(F)(F)F)cc1)(c1ccc(C(F)(F)F)cc1)c1ccc(C(F)(F)F)cc1.[Br-]. The van der Waals surface area contributed by atoms with E-state index in [4.69, 9.17) is 0 Å². The van der Waals surface area contributed by atoms with Crippen LogP contribution in [0.25, 0.3) is 0 Å². The molecule has 6 rings (SSSR count). The lowest BCUT2D eigenvalue weighted by Gasteiger charge is -2.35. The third-order valence-electron chi connectivity index (χ3n) is 14.7. The van der Waals surface area contributed by atoms with Crippen molar-refractivity contribution < 1.29 is 75.7 Å². The Morgan fingerprint density at radius 3 is 0.905 bits per heavy atom. The predicted octanol–water partition coefficient (Wildman–Crippen LogP) is 10.4. The molecule has 0 bridgehead atoms. The summed E-state index contributed by atoms with van der Waals surface area (Å²) in [6.45, 7) is -0.257. The molecule has 0 aliphatic rings. The predicted molar refractivity (Wildman–Crippen MR) is 310 cm³/mol. The molecule has 6 aromatic rings. The third-order valence-corrected chi connectivity index (χ3v) is 19.2. The van der Waals surface area contributed by atoms with Crippen LogP contribution in [0.4, 0.5) is 39.5 Å². The molecule has 0 spiro atoms. The molecule has 0 unspecified atom stereocenters. The highest BCUT2D eigenvalue weighted by atomic mass is 79.9. The quantitative estimate of drug-likeness (QED) is 0.0191. The highest BCUT2D eigenvalue weighted by molar-refractivity contribution is 7.95. The smallest absolute Gasteiger partial charge is 0.416 e. The van der Waals surface area contributed by atoms with E-state index in [2.05, 4.69) is 21.3 Å². The number of halogens is 10. The van der Waals surface area contributed by atoms with Gasteiger partial charge in [0.05, 0.1) is 28.4 Å². The number of unbranched alkanes of at least 4 members (excludes halogenated alkanes) is 6. The second-order valence-corrected chi connectivity index (χ2v) is 24.7. The van der Waals surface area contributed by atoms with Crippen LogP contribution in [-0.4, -0.2) is 55.0 Å². The minimum Gasteiger partial charge on any atom is -1.00 e. The van der Waals surface area contributed by atoms with Crippen LogP contribution in [0.5, 0.6) is 0 Å². The molecule has 0 fully saturated rings. The highest BCUT2D eigenvalue weighted by Gasteiger charge is 2.47. The average Bonchev–Trinajstić information content (AvgIpc) is 3.63. The number of carbonyl (C=O) groups excluding carboxylic acids is 4. The Morgan fingerprint density at radius 1 is 0.333 bits per heavy atom. The number of carbonyl (C=O) groups is 4. The summed E-state index contributed by atoms with van der Waals surface area (Å²) >= 11 is 0. The minimum atomic E-state index is -4.69. The molecular formula is C65H73BrF9N4O4P. The molecule has 0 heterocycles. The maximum absolute atomic E-state index is 14.0. The van der Waals surface area contributed by atoms with Gasteiger partial charge in [0.15, 0.2) is 0 Å². The summed E-state index contributed by atoms with van der Waals surface area (Å²) in [6, 6.07) is 42.2. The Bertz CT molecular complexity index is 2640. The molecule has 0 saturated carbocycles. The Kier molecular flexibility index (Phi) is 27.0. The van der Waals surface area contributed by atoms with Gasteiger partial charge in [0, 0.05) is 45.3 Å². The fraction of sp³-hybridized carbons (Fsp3) is 0.385. The van der Waals surface area contributed by atoms with E-state index in [0.29, 0.717) is 99.4 Å². The first-order valence-electron chi connectivity index (χ1n) is 28.3. The van der Waals surface area contributed by atoms with Gasteiger partial charge in [-0.25, -0.2) is 0 Å². The van der Waals surface area contributed by atoms with Crippen molar-refractivity contribution in [3.63, 3.8) is 0 Å². The first kappa shape index (κ1) is 68.3. The summed E-state index contributed by atoms with van der Waals surface area (Å²) in [6.07, 6.45) is -5.17. The van der Waals surface area contributed by atoms with E-state index < -0.39 is 48.0 Å². The van der Waals surface area contributed by atoms with Gasteiger partial charge in [0.2, 0.25) is 23.6 Å². The summed E-state index contributed by atoms with van der Waals surface area (Å²) in [7, 11) is -3.16. The lowest BCUT2D eigenvalue weighted by atomic mass is 9.97. The maximum atomic E-state index is 14.0. The molecule has 0 saturated heterocycles. The lowest BCUT2D eigenvalue weighted by Crippen LogP contribution is -3.00. The van der Waals surface area contributed by atoms with E-state index in [1.54, 1.807) is 0 Å². The van der Waals surface area contributed by atoms with Crippen LogP contribution < -0.4 is 54.2 Å². The molecule has 8 nitrogen and oxygen atoms in total. The molecule has 0 aliphatic heterocycles. The van der Waals surface area contributed by atoms with Crippen molar-refractivity contribution in [3.8, 4) is 0 Å². The zero-order valence-electron chi connectivity index (χ0n) is 46.8. The van der Waals surface area contributed by atoms with E-state index in [9.17, 15) is 58.7 Å². The fourth-order valence-electron chi connectivity index (χ4n) is 10.1. The van der Waals surface area contributed by atoms with Gasteiger partial charge in [-0.1, -0.05) is 117 Å². The summed E-state index contributed by atoms with van der Waals surface area (Å²) in [5, 5.41) is 13.1. The fourth-order valence-corrected chi connectivity index (χ4v) is 14.4. The normalized spacial score (nSPS) is 12.0. The molecule has 84 heavy (non-hydrogen) atoms. The Balaban J connectivity index is 0.0000129. The van der Waals surface area contributed by atoms with Crippen LogP contribution in [0.1, 0.15) is 123 Å². The Labute approximate surface area is 497 Å². The number of amides is 4. The van der Waals surface area contributed by atoms with E-state index in [0.717, 1.165) is 53.1 Å². The van der Waals surface area contributed by atoms with Gasteiger partial charge in [-0.05, 0) is 147 Å². The summed E-state index contributed by atoms with van der Waals surface area (Å²) in [5.41, 5.74) is -0.901. The van der Waals surface area contributed by atoms with E-state index >= 15 is 0 Å². The Morgan fingerprint density at radius 2 is 0.607 bits per heavy atom. The van der Waals surface area contributed by atoms with Gasteiger partial charge >= 0.3 is 18.5 Å². The van der Waals surface area contributed by atoms with Crippen LogP contribution in [0.15, 0.2) is 164 Å². The third kappa shape index (κ3) is 22.2. The van der Waals surface area contributed by atoms with Crippen LogP contribution in [0.3, 0.4) is 0 Å². The molecule has 6 aromatic carbocycles. The standard InChI is InChI=1S/C65H72F9N4O4P.BrH/c66-63(67,68)52-33-39-55(40-34-52)83(56-41-35-53(36-42-56)64(69,70)71,57-43-37-54(38-44-57)65(72,73)74)45-16-5-3-1-2-4-15-29-61(82)78-62(46-75-58(79)30-17-26-49-20-9-6-10-21-49,47-76-59(80)31-18-27-50-22-11-7-12-23-50)48-77-60(81)32-19-28-51-24-13-8-14-25-51;/h6-14,20-25,33-44H,1-5,15-19,26-32,45-48H2,(H3-,75,76,77,78,79,80,81,82);1H. The molecule has 0 aromatic heterocycles. The molecule has 4 amide bonds. The van der Waals surface area contributed by atoms with Gasteiger partial charge in [0.1, 0.15) is 23.2 Å². The largest absolute Gasteiger partial charge is 1.00 e. The number of rotatable bonds is 32. The van der Waals surface area contributed by atoms with E-state index in [1.807, 2.05) is 91.0 Å². The highest BCUT2D eigenvalue weighted by Crippen LogP contribution is 2.57. The van der Waals surface area contributed by atoms with Crippen molar-refractivity contribution in [1.29, 1.82) is 0 Å². The number of aryl methyl sites for hydroxylation is 3. The van der Waals surface area contributed by atoms with Crippen molar-refractivity contribution in [2.75, 3.05) is 25.8 Å². The van der Waals surface area contributed by atoms with Crippen LogP contribution in [0, 0.1) is 0 Å². The number of hydrogen-bond acceptors (Lipinski definition) is 4. The molecule has 452 valence electrons. The zero-order valence-corrected chi connectivity index (χ0v) is 49.3. The average molecular weight is 1260 g/mol. The van der Waals surface area contributed by atoms with Gasteiger partial charge in [0.25, 0.3) is 0 Å².